The van der Waals surface area contributed by atoms with Gasteiger partial charge in [-0.15, -0.1) is 0 Å². The zero-order valence-electron chi connectivity index (χ0n) is 20.7. The van der Waals surface area contributed by atoms with Gasteiger partial charge in [0.2, 0.25) is 0 Å². The topological polar surface area (TPSA) is 74.5 Å². The summed E-state index contributed by atoms with van der Waals surface area (Å²) in [7, 11) is 0. The summed E-state index contributed by atoms with van der Waals surface area (Å²) in [5, 5.41) is 8.29. The van der Waals surface area contributed by atoms with E-state index in [2.05, 4.69) is 54.0 Å². The number of amides is 1. The quantitative estimate of drug-likeness (QED) is 0.552. The van der Waals surface area contributed by atoms with Crippen LogP contribution in [0.2, 0.25) is 0 Å². The molecule has 180 valence electrons. The first-order chi connectivity index (χ1) is 16.3. The number of benzene rings is 1. The number of anilines is 2. The minimum atomic E-state index is -0.132. The molecule has 3 aromatic rings. The number of carbonyl (C=O) groups excluding carboxylic acids is 1. The Balaban J connectivity index is 1.48. The van der Waals surface area contributed by atoms with Crippen molar-refractivity contribution in [2.45, 2.75) is 52.9 Å². The van der Waals surface area contributed by atoms with Gasteiger partial charge < -0.3 is 19.6 Å². The Morgan fingerprint density at radius 2 is 1.88 bits per heavy atom. The van der Waals surface area contributed by atoms with Crippen LogP contribution in [0.4, 0.5) is 11.4 Å². The number of piperazine rings is 1. The van der Waals surface area contributed by atoms with Gasteiger partial charge >= 0.3 is 0 Å². The second kappa shape index (κ2) is 9.02. The van der Waals surface area contributed by atoms with Crippen LogP contribution in [0.3, 0.4) is 0 Å². The third-order valence-corrected chi connectivity index (χ3v) is 6.79. The Morgan fingerprint density at radius 1 is 1.15 bits per heavy atom. The molecular formula is C27H35N5O2. The third kappa shape index (κ3) is 4.80. The smallest absolute Gasteiger partial charge is 0.259 e. The summed E-state index contributed by atoms with van der Waals surface area (Å²) in [4.78, 5) is 23.3. The molecule has 5 rings (SSSR count). The number of nitrogens with zero attached hydrogens (tertiary/aromatic N) is 4. The van der Waals surface area contributed by atoms with Crippen molar-refractivity contribution in [1.82, 2.24) is 15.0 Å². The lowest BCUT2D eigenvalue weighted by molar-refractivity contribution is 0.102. The van der Waals surface area contributed by atoms with Crippen LogP contribution >= 0.6 is 0 Å². The maximum atomic E-state index is 13.7. The van der Waals surface area contributed by atoms with E-state index in [-0.39, 0.29) is 11.3 Å². The summed E-state index contributed by atoms with van der Waals surface area (Å²) in [6.07, 6.45) is 2.92. The van der Waals surface area contributed by atoms with Gasteiger partial charge in [-0.05, 0) is 49.4 Å². The fourth-order valence-electron chi connectivity index (χ4n) is 4.77. The van der Waals surface area contributed by atoms with E-state index in [1.54, 1.807) is 0 Å². The molecule has 1 aliphatic heterocycles. The highest BCUT2D eigenvalue weighted by Gasteiger charge is 2.30. The van der Waals surface area contributed by atoms with Crippen LogP contribution in [0, 0.1) is 5.41 Å². The number of pyridine rings is 1. The maximum absolute atomic E-state index is 13.7. The summed E-state index contributed by atoms with van der Waals surface area (Å²) in [6, 6.07) is 10.1. The zero-order valence-corrected chi connectivity index (χ0v) is 20.7. The van der Waals surface area contributed by atoms with Crippen molar-refractivity contribution in [3.8, 4) is 0 Å². The molecule has 3 heterocycles. The average molecular weight is 462 g/mol. The molecule has 34 heavy (non-hydrogen) atoms. The molecule has 2 aliphatic rings. The molecule has 1 aromatic carbocycles. The summed E-state index contributed by atoms with van der Waals surface area (Å²) >= 11 is 0. The average Bonchev–Trinajstić information content (AvgIpc) is 3.60. The minimum Gasteiger partial charge on any atom is -0.367 e. The van der Waals surface area contributed by atoms with Crippen molar-refractivity contribution in [3.05, 3.63) is 47.3 Å². The largest absolute Gasteiger partial charge is 0.367 e. The number of aromatic nitrogens is 2. The van der Waals surface area contributed by atoms with E-state index >= 15 is 0 Å². The van der Waals surface area contributed by atoms with E-state index in [0.29, 0.717) is 23.6 Å². The number of para-hydroxylation sites is 2. The lowest BCUT2D eigenvalue weighted by Gasteiger charge is -2.36. The fourth-order valence-corrected chi connectivity index (χ4v) is 4.77. The van der Waals surface area contributed by atoms with Crippen LogP contribution in [0.5, 0.6) is 0 Å². The van der Waals surface area contributed by atoms with E-state index in [1.165, 1.54) is 0 Å². The molecular weight excluding hydrogens is 426 g/mol. The number of hydrogen-bond acceptors (Lipinski definition) is 6. The molecule has 1 amide bonds. The van der Waals surface area contributed by atoms with Gasteiger partial charge in [0, 0.05) is 37.8 Å². The summed E-state index contributed by atoms with van der Waals surface area (Å²) in [5.41, 5.74) is 4.73. The highest BCUT2D eigenvalue weighted by molar-refractivity contribution is 6.13. The predicted octanol–water partition coefficient (Wildman–Crippen LogP) is 5.08. The highest BCUT2D eigenvalue weighted by atomic mass is 16.5. The third-order valence-electron chi connectivity index (χ3n) is 6.79. The van der Waals surface area contributed by atoms with Crippen molar-refractivity contribution in [2.75, 3.05) is 42.9 Å². The second-order valence-corrected chi connectivity index (χ2v) is 10.8. The van der Waals surface area contributed by atoms with Crippen LogP contribution in [0.1, 0.15) is 68.2 Å². The fraction of sp³-hybridized carbons (Fsp3) is 0.519. The first-order valence-corrected chi connectivity index (χ1v) is 12.5. The van der Waals surface area contributed by atoms with E-state index in [1.807, 2.05) is 24.3 Å². The molecule has 0 radical (unpaired) electrons. The van der Waals surface area contributed by atoms with Crippen LogP contribution in [-0.2, 0) is 6.42 Å². The normalized spacial score (nSPS) is 17.4. The number of likely N-dealkylation sites (N-methyl/N-ethyl adjacent to an activating group) is 1. The lowest BCUT2D eigenvalue weighted by atomic mass is 9.89. The summed E-state index contributed by atoms with van der Waals surface area (Å²) < 4.78 is 5.64. The van der Waals surface area contributed by atoms with Crippen LogP contribution in [-0.4, -0.2) is 53.7 Å². The van der Waals surface area contributed by atoms with E-state index in [4.69, 9.17) is 9.51 Å². The van der Waals surface area contributed by atoms with Gasteiger partial charge in [0.1, 0.15) is 0 Å². The molecule has 2 aromatic heterocycles. The highest BCUT2D eigenvalue weighted by Crippen LogP contribution is 2.41. The number of rotatable bonds is 6. The minimum absolute atomic E-state index is 0.0138. The molecule has 0 bridgehead atoms. The standard InChI is InChI=1S/C27H35N5O2/c1-5-31-12-14-32(15-13-31)23-9-7-6-8-20(23)28-25(33)19-16-21(18-10-11-18)29-26-24(19)22(30-34-26)17-27(2,3)4/h6-9,16,18H,5,10-15,17H2,1-4H3,(H,28,33). The van der Waals surface area contributed by atoms with E-state index in [0.717, 1.165) is 73.7 Å². The van der Waals surface area contributed by atoms with E-state index in [9.17, 15) is 4.79 Å². The summed E-state index contributed by atoms with van der Waals surface area (Å²) in [5.74, 6) is 0.279. The van der Waals surface area contributed by atoms with Gasteiger partial charge in [0.05, 0.1) is 28.0 Å². The van der Waals surface area contributed by atoms with Crippen LogP contribution in [0.25, 0.3) is 11.1 Å². The van der Waals surface area contributed by atoms with Crippen LogP contribution in [0.15, 0.2) is 34.9 Å². The molecule has 7 nitrogen and oxygen atoms in total. The van der Waals surface area contributed by atoms with Crippen LogP contribution < -0.4 is 10.2 Å². The molecule has 0 atom stereocenters. The second-order valence-electron chi connectivity index (χ2n) is 10.8. The van der Waals surface area contributed by atoms with Crippen molar-refractivity contribution in [1.29, 1.82) is 0 Å². The number of carbonyl (C=O) groups is 1. The van der Waals surface area contributed by atoms with Gasteiger partial charge in [-0.1, -0.05) is 45.0 Å². The first kappa shape index (κ1) is 22.8. The van der Waals surface area contributed by atoms with Crippen molar-refractivity contribution >= 4 is 28.4 Å². The van der Waals surface area contributed by atoms with Crippen molar-refractivity contribution in [2.24, 2.45) is 5.41 Å². The Bertz CT molecular complexity index is 1180. The monoisotopic (exact) mass is 461 g/mol. The molecule has 1 saturated carbocycles. The Labute approximate surface area is 201 Å². The molecule has 2 fully saturated rings. The SMILES string of the molecule is CCN1CCN(c2ccccc2NC(=O)c2cc(C3CC3)nc3onc(CC(C)(C)C)c23)CC1. The Morgan fingerprint density at radius 3 is 2.56 bits per heavy atom. The molecule has 0 unspecified atom stereocenters. The van der Waals surface area contributed by atoms with Gasteiger partial charge in [0.15, 0.2) is 0 Å². The molecule has 1 N–H and O–H groups in total. The zero-order chi connectivity index (χ0) is 23.9. The van der Waals surface area contributed by atoms with E-state index < -0.39 is 0 Å². The number of hydrogen-bond donors (Lipinski definition) is 1. The number of nitrogens with one attached hydrogen (secondary N) is 1. The lowest BCUT2D eigenvalue weighted by Crippen LogP contribution is -2.46. The molecule has 1 saturated heterocycles. The van der Waals surface area contributed by atoms with Gasteiger partial charge in [-0.3, -0.25) is 4.79 Å². The molecule has 1 aliphatic carbocycles. The molecule has 7 heteroatoms. The Hall–Kier alpha value is -2.93. The maximum Gasteiger partial charge on any atom is 0.259 e. The molecule has 0 spiro atoms. The van der Waals surface area contributed by atoms with Gasteiger partial charge in [-0.25, -0.2) is 4.98 Å². The summed E-state index contributed by atoms with van der Waals surface area (Å²) in [6.45, 7) is 13.7. The predicted molar refractivity (Wildman–Crippen MR) is 136 cm³/mol. The number of fused-ring (bicyclic) bond motifs is 1. The van der Waals surface area contributed by atoms with Crippen molar-refractivity contribution < 1.29 is 9.32 Å². The first-order valence-electron chi connectivity index (χ1n) is 12.5. The van der Waals surface area contributed by atoms with Gasteiger partial charge in [0.25, 0.3) is 11.6 Å². The van der Waals surface area contributed by atoms with Crippen molar-refractivity contribution in [3.63, 3.8) is 0 Å². The van der Waals surface area contributed by atoms with Gasteiger partial charge in [-0.2, -0.15) is 0 Å². The Kier molecular flexibility index (Phi) is 6.06.